The summed E-state index contributed by atoms with van der Waals surface area (Å²) >= 11 is 0. The van der Waals surface area contributed by atoms with Gasteiger partial charge in [-0.3, -0.25) is 4.79 Å². The molecule has 0 saturated heterocycles. The molecule has 2 nitrogen and oxygen atoms in total. The van der Waals surface area contributed by atoms with E-state index in [1.807, 2.05) is 0 Å². The fraction of sp³-hybridized carbons (Fsp3) is 0.222. The fourth-order valence-electron chi connectivity index (χ4n) is 1.36. The zero-order valence-electron chi connectivity index (χ0n) is 6.43. The van der Waals surface area contributed by atoms with E-state index in [-0.39, 0.29) is 11.7 Å². The molecule has 62 valence electrons. The summed E-state index contributed by atoms with van der Waals surface area (Å²) in [5.41, 5.74) is 1.81. The first-order chi connectivity index (χ1) is 5.75. The van der Waals surface area contributed by atoms with Crippen LogP contribution in [-0.2, 0) is 17.8 Å². The Kier molecular flexibility index (Phi) is 1.57. The van der Waals surface area contributed by atoms with Crippen LogP contribution in [-0.4, -0.2) is 5.91 Å². The maximum absolute atomic E-state index is 12.7. The molecule has 0 aliphatic carbocycles. The number of hydrogen-bond donors (Lipinski definition) is 1. The summed E-state index contributed by atoms with van der Waals surface area (Å²) in [6.07, 6.45) is 0.371. The highest BCUT2D eigenvalue weighted by atomic mass is 19.1. The van der Waals surface area contributed by atoms with Crippen LogP contribution in [0.15, 0.2) is 18.2 Å². The molecule has 0 spiro atoms. The highest BCUT2D eigenvalue weighted by Crippen LogP contribution is 2.15. The molecule has 0 fully saturated rings. The topological polar surface area (TPSA) is 29.1 Å². The van der Waals surface area contributed by atoms with E-state index in [9.17, 15) is 9.18 Å². The quantitative estimate of drug-likeness (QED) is 0.610. The number of hydrogen-bond acceptors (Lipinski definition) is 1. The number of carbonyl (C=O) groups excluding carboxylic acids is 1. The van der Waals surface area contributed by atoms with E-state index < -0.39 is 0 Å². The number of rotatable bonds is 0. The molecule has 1 aromatic rings. The van der Waals surface area contributed by atoms with Gasteiger partial charge in [-0.15, -0.1) is 0 Å². The van der Waals surface area contributed by atoms with Crippen molar-refractivity contribution in [3.8, 4) is 0 Å². The SMILES string of the molecule is O=C1Cc2ccc(F)cc2CN1. The minimum Gasteiger partial charge on any atom is -0.352 e. The Labute approximate surface area is 69.4 Å². The number of nitrogens with one attached hydrogen (secondary N) is 1. The lowest BCUT2D eigenvalue weighted by Crippen LogP contribution is -2.30. The van der Waals surface area contributed by atoms with Crippen LogP contribution in [0.1, 0.15) is 11.1 Å². The highest BCUT2D eigenvalue weighted by molar-refractivity contribution is 5.80. The summed E-state index contributed by atoms with van der Waals surface area (Å²) in [5, 5.41) is 2.66. The third-order valence-electron chi connectivity index (χ3n) is 2.00. The molecule has 1 aliphatic rings. The zero-order valence-corrected chi connectivity index (χ0v) is 6.43. The van der Waals surface area contributed by atoms with Crippen LogP contribution < -0.4 is 5.32 Å². The van der Waals surface area contributed by atoms with E-state index in [0.717, 1.165) is 11.1 Å². The van der Waals surface area contributed by atoms with Crippen molar-refractivity contribution in [3.05, 3.63) is 35.1 Å². The molecular formula is C9H8FNO. The third-order valence-corrected chi connectivity index (χ3v) is 2.00. The van der Waals surface area contributed by atoms with Crippen molar-refractivity contribution in [3.63, 3.8) is 0 Å². The number of amides is 1. The summed E-state index contributed by atoms with van der Waals surface area (Å²) in [7, 11) is 0. The molecule has 12 heavy (non-hydrogen) atoms. The lowest BCUT2D eigenvalue weighted by atomic mass is 10.0. The number of halogens is 1. The molecule has 1 N–H and O–H groups in total. The number of carbonyl (C=O) groups is 1. The summed E-state index contributed by atoms with van der Waals surface area (Å²) in [4.78, 5) is 10.9. The maximum atomic E-state index is 12.7. The third kappa shape index (κ3) is 1.18. The summed E-state index contributed by atoms with van der Waals surface area (Å²) in [5.74, 6) is -0.237. The molecule has 1 heterocycles. The second-order valence-corrected chi connectivity index (χ2v) is 2.87. The Morgan fingerprint density at radius 3 is 3.00 bits per heavy atom. The van der Waals surface area contributed by atoms with E-state index in [0.29, 0.717) is 13.0 Å². The lowest BCUT2D eigenvalue weighted by molar-refractivity contribution is -0.121. The van der Waals surface area contributed by atoms with E-state index in [1.165, 1.54) is 12.1 Å². The van der Waals surface area contributed by atoms with Gasteiger partial charge in [0, 0.05) is 6.54 Å². The van der Waals surface area contributed by atoms with E-state index in [2.05, 4.69) is 5.32 Å². The summed E-state index contributed by atoms with van der Waals surface area (Å²) in [6, 6.07) is 4.52. The molecule has 0 aromatic heterocycles. The standard InChI is InChI=1S/C9H8FNO/c10-8-2-1-6-4-9(12)11-5-7(6)3-8/h1-3H,4-5H2,(H,11,12). The summed E-state index contributed by atoms with van der Waals surface area (Å²) in [6.45, 7) is 0.450. The molecule has 1 amide bonds. The fourth-order valence-corrected chi connectivity index (χ4v) is 1.36. The van der Waals surface area contributed by atoms with Crippen molar-refractivity contribution >= 4 is 5.91 Å². The predicted octanol–water partition coefficient (Wildman–Crippen LogP) is 0.998. The molecule has 0 radical (unpaired) electrons. The molecule has 1 aromatic carbocycles. The largest absolute Gasteiger partial charge is 0.352 e. The van der Waals surface area contributed by atoms with Gasteiger partial charge in [-0.25, -0.2) is 4.39 Å². The Balaban J connectivity index is 2.43. The molecule has 0 bridgehead atoms. The van der Waals surface area contributed by atoms with Crippen LogP contribution in [0.3, 0.4) is 0 Å². The average molecular weight is 165 g/mol. The van der Waals surface area contributed by atoms with Crippen molar-refractivity contribution in [1.82, 2.24) is 5.32 Å². The smallest absolute Gasteiger partial charge is 0.224 e. The van der Waals surface area contributed by atoms with Gasteiger partial charge in [0.2, 0.25) is 5.91 Å². The first kappa shape index (κ1) is 7.28. The van der Waals surface area contributed by atoms with Gasteiger partial charge in [-0.2, -0.15) is 0 Å². The molecule has 3 heteroatoms. The molecule has 0 atom stereocenters. The van der Waals surface area contributed by atoms with Crippen molar-refractivity contribution in [2.24, 2.45) is 0 Å². The second kappa shape index (κ2) is 2.59. The van der Waals surface area contributed by atoms with Gasteiger partial charge < -0.3 is 5.32 Å². The van der Waals surface area contributed by atoms with Crippen LogP contribution in [0.5, 0.6) is 0 Å². The first-order valence-electron chi connectivity index (χ1n) is 3.80. The first-order valence-corrected chi connectivity index (χ1v) is 3.80. The van der Waals surface area contributed by atoms with Gasteiger partial charge in [0.15, 0.2) is 0 Å². The molecule has 0 saturated carbocycles. The van der Waals surface area contributed by atoms with Crippen LogP contribution >= 0.6 is 0 Å². The van der Waals surface area contributed by atoms with Crippen LogP contribution in [0, 0.1) is 5.82 Å². The maximum Gasteiger partial charge on any atom is 0.224 e. The van der Waals surface area contributed by atoms with E-state index >= 15 is 0 Å². The number of benzene rings is 1. The molecule has 0 unspecified atom stereocenters. The van der Waals surface area contributed by atoms with Crippen molar-refractivity contribution in [2.45, 2.75) is 13.0 Å². The van der Waals surface area contributed by atoms with Crippen molar-refractivity contribution in [2.75, 3.05) is 0 Å². The van der Waals surface area contributed by atoms with E-state index in [1.54, 1.807) is 6.07 Å². The highest BCUT2D eigenvalue weighted by Gasteiger charge is 2.14. The zero-order chi connectivity index (χ0) is 8.55. The molecular weight excluding hydrogens is 157 g/mol. The Bertz CT molecular complexity index is 335. The minimum absolute atomic E-state index is 0.00843. The van der Waals surface area contributed by atoms with Gasteiger partial charge in [-0.1, -0.05) is 6.07 Å². The van der Waals surface area contributed by atoms with Gasteiger partial charge in [0.1, 0.15) is 5.82 Å². The van der Waals surface area contributed by atoms with Gasteiger partial charge >= 0.3 is 0 Å². The summed E-state index contributed by atoms with van der Waals surface area (Å²) < 4.78 is 12.7. The second-order valence-electron chi connectivity index (χ2n) is 2.87. The van der Waals surface area contributed by atoms with Crippen LogP contribution in [0.4, 0.5) is 4.39 Å². The van der Waals surface area contributed by atoms with Gasteiger partial charge in [0.05, 0.1) is 6.42 Å². The number of fused-ring (bicyclic) bond motifs is 1. The van der Waals surface area contributed by atoms with E-state index in [4.69, 9.17) is 0 Å². The minimum atomic E-state index is -0.245. The Hall–Kier alpha value is -1.38. The van der Waals surface area contributed by atoms with Gasteiger partial charge in [-0.05, 0) is 23.3 Å². The predicted molar refractivity (Wildman–Crippen MR) is 42.0 cm³/mol. The monoisotopic (exact) mass is 165 g/mol. The Morgan fingerprint density at radius 1 is 1.33 bits per heavy atom. The average Bonchev–Trinajstić information content (AvgIpc) is 2.05. The Morgan fingerprint density at radius 2 is 2.17 bits per heavy atom. The van der Waals surface area contributed by atoms with Gasteiger partial charge in [0.25, 0.3) is 0 Å². The molecule has 1 aliphatic heterocycles. The van der Waals surface area contributed by atoms with Crippen molar-refractivity contribution < 1.29 is 9.18 Å². The van der Waals surface area contributed by atoms with Crippen LogP contribution in [0.2, 0.25) is 0 Å². The van der Waals surface area contributed by atoms with Crippen molar-refractivity contribution in [1.29, 1.82) is 0 Å². The molecule has 2 rings (SSSR count). The lowest BCUT2D eigenvalue weighted by Gasteiger charge is -2.15. The normalized spacial score (nSPS) is 15.2. The van der Waals surface area contributed by atoms with Crippen LogP contribution in [0.25, 0.3) is 0 Å².